The third kappa shape index (κ3) is 3.70. The van der Waals surface area contributed by atoms with E-state index in [4.69, 9.17) is 9.47 Å². The minimum absolute atomic E-state index is 0.121. The van der Waals surface area contributed by atoms with Crippen molar-refractivity contribution in [2.45, 2.75) is 45.1 Å². The second-order valence-electron chi connectivity index (χ2n) is 6.56. The number of benzene rings is 1. The van der Waals surface area contributed by atoms with Gasteiger partial charge in [0.05, 0.1) is 12.2 Å². The minimum Gasteiger partial charge on any atom is -0.454 e. The first-order valence-electron chi connectivity index (χ1n) is 8.49. The molecule has 1 aromatic carbocycles. The van der Waals surface area contributed by atoms with Gasteiger partial charge in [-0.15, -0.1) is 0 Å². The van der Waals surface area contributed by atoms with E-state index in [9.17, 15) is 9.59 Å². The van der Waals surface area contributed by atoms with Crippen LogP contribution in [0.2, 0.25) is 0 Å². The Hall–Kier alpha value is -2.08. The number of carbonyl (C=O) groups excluding carboxylic acids is 2. The van der Waals surface area contributed by atoms with Crippen LogP contribution in [0.3, 0.4) is 0 Å². The fourth-order valence-electron chi connectivity index (χ4n) is 3.40. The van der Waals surface area contributed by atoms with Crippen molar-refractivity contribution in [2.24, 2.45) is 0 Å². The van der Waals surface area contributed by atoms with Crippen molar-refractivity contribution in [3.63, 3.8) is 0 Å². The number of amides is 1. The summed E-state index contributed by atoms with van der Waals surface area (Å²) in [4.78, 5) is 26.4. The predicted octanol–water partition coefficient (Wildman–Crippen LogP) is 2.82. The third-order valence-electron chi connectivity index (χ3n) is 4.76. The van der Waals surface area contributed by atoms with Gasteiger partial charge in [-0.2, -0.15) is 0 Å². The number of nitrogens with zero attached hydrogens (tertiary/aromatic N) is 1. The topological polar surface area (TPSA) is 67.9 Å². The third-order valence-corrected chi connectivity index (χ3v) is 4.76. The van der Waals surface area contributed by atoms with E-state index in [0.29, 0.717) is 35.3 Å². The summed E-state index contributed by atoms with van der Waals surface area (Å²) in [6.07, 6.45) is 6.04. The lowest BCUT2D eigenvalue weighted by molar-refractivity contribution is -0.117. The lowest BCUT2D eigenvalue weighted by Gasteiger charge is -2.30. The molecule has 0 saturated heterocycles. The highest BCUT2D eigenvalue weighted by Crippen LogP contribution is 2.37. The van der Waals surface area contributed by atoms with Gasteiger partial charge < -0.3 is 14.8 Å². The molecule has 6 heteroatoms. The fraction of sp³-hybridized carbons (Fsp3) is 0.556. The molecule has 1 aromatic rings. The van der Waals surface area contributed by atoms with Crippen molar-refractivity contribution in [1.29, 1.82) is 0 Å². The first-order valence-corrected chi connectivity index (χ1v) is 8.49. The standard InChI is InChI=1S/C18H24N2O4/c1-12(21)14-8-16-17(24-11-23-16)9-15(14)19-18(22)10-20(2)13-6-4-3-5-7-13/h8-9,13H,3-7,10-11H2,1-2H3,(H,19,22). The number of likely N-dealkylation sites (N-methyl/N-ethyl adjacent to an activating group) is 1. The summed E-state index contributed by atoms with van der Waals surface area (Å²) in [5.41, 5.74) is 0.918. The predicted molar refractivity (Wildman–Crippen MR) is 90.7 cm³/mol. The Balaban J connectivity index is 1.68. The SMILES string of the molecule is CC(=O)c1cc2c(cc1NC(=O)CN(C)C1CCCCC1)OCO2. The van der Waals surface area contributed by atoms with Crippen LogP contribution in [-0.4, -0.2) is 43.0 Å². The number of nitrogens with one attached hydrogen (secondary N) is 1. The van der Waals surface area contributed by atoms with Gasteiger partial charge in [0.1, 0.15) is 0 Å². The molecule has 0 aromatic heterocycles. The monoisotopic (exact) mass is 332 g/mol. The second kappa shape index (κ2) is 7.21. The van der Waals surface area contributed by atoms with E-state index < -0.39 is 0 Å². The average Bonchev–Trinajstić information content (AvgIpc) is 3.02. The van der Waals surface area contributed by atoms with Gasteiger partial charge >= 0.3 is 0 Å². The zero-order valence-corrected chi connectivity index (χ0v) is 14.3. The maximum Gasteiger partial charge on any atom is 0.238 e. The Kier molecular flexibility index (Phi) is 5.04. The van der Waals surface area contributed by atoms with Gasteiger partial charge in [-0.25, -0.2) is 0 Å². The number of rotatable bonds is 5. The molecular weight excluding hydrogens is 308 g/mol. The molecule has 0 radical (unpaired) electrons. The van der Waals surface area contributed by atoms with Gasteiger partial charge in [0.2, 0.25) is 12.7 Å². The molecule has 1 N–H and O–H groups in total. The summed E-state index contributed by atoms with van der Waals surface area (Å²) in [5, 5.41) is 2.85. The first-order chi connectivity index (χ1) is 11.5. The Morgan fingerprint density at radius 2 is 1.83 bits per heavy atom. The molecule has 6 nitrogen and oxygen atoms in total. The molecule has 1 aliphatic carbocycles. The van der Waals surface area contributed by atoms with Gasteiger partial charge in [0.25, 0.3) is 0 Å². The van der Waals surface area contributed by atoms with Gasteiger partial charge in [-0.3, -0.25) is 14.5 Å². The van der Waals surface area contributed by atoms with Crippen LogP contribution in [0.15, 0.2) is 12.1 Å². The Bertz CT molecular complexity index is 638. The number of hydrogen-bond acceptors (Lipinski definition) is 5. The molecule has 0 spiro atoms. The highest BCUT2D eigenvalue weighted by atomic mass is 16.7. The minimum atomic E-state index is -0.121. The fourth-order valence-corrected chi connectivity index (χ4v) is 3.40. The lowest BCUT2D eigenvalue weighted by Crippen LogP contribution is -2.39. The molecular formula is C18H24N2O4. The Morgan fingerprint density at radius 1 is 1.17 bits per heavy atom. The number of Topliss-reactive ketones (excluding diaryl/α,β-unsaturated/α-hetero) is 1. The molecule has 130 valence electrons. The molecule has 2 aliphatic rings. The molecule has 1 amide bonds. The van der Waals surface area contributed by atoms with E-state index >= 15 is 0 Å². The largest absolute Gasteiger partial charge is 0.454 e. The summed E-state index contributed by atoms with van der Waals surface area (Å²) in [7, 11) is 1.99. The maximum atomic E-state index is 12.4. The molecule has 1 aliphatic heterocycles. The van der Waals surface area contributed by atoms with E-state index in [1.165, 1.54) is 26.2 Å². The second-order valence-corrected chi connectivity index (χ2v) is 6.56. The van der Waals surface area contributed by atoms with Crippen LogP contribution in [0.1, 0.15) is 49.4 Å². The van der Waals surface area contributed by atoms with Gasteiger partial charge in [0.15, 0.2) is 17.3 Å². The zero-order chi connectivity index (χ0) is 17.1. The highest BCUT2D eigenvalue weighted by Gasteiger charge is 2.23. The molecule has 0 bridgehead atoms. The average molecular weight is 332 g/mol. The molecule has 1 fully saturated rings. The van der Waals surface area contributed by atoms with Crippen molar-refractivity contribution in [2.75, 3.05) is 25.7 Å². The van der Waals surface area contributed by atoms with Crippen LogP contribution in [0.4, 0.5) is 5.69 Å². The van der Waals surface area contributed by atoms with E-state index in [1.54, 1.807) is 12.1 Å². The maximum absolute atomic E-state index is 12.4. The highest BCUT2D eigenvalue weighted by molar-refractivity contribution is 6.05. The Morgan fingerprint density at radius 3 is 2.50 bits per heavy atom. The number of anilines is 1. The molecule has 1 heterocycles. The van der Waals surface area contributed by atoms with E-state index in [-0.39, 0.29) is 18.5 Å². The van der Waals surface area contributed by atoms with Crippen LogP contribution in [-0.2, 0) is 4.79 Å². The number of ether oxygens (including phenoxy) is 2. The molecule has 0 atom stereocenters. The number of carbonyl (C=O) groups is 2. The van der Waals surface area contributed by atoms with E-state index in [0.717, 1.165) is 12.8 Å². The van der Waals surface area contributed by atoms with Crippen LogP contribution in [0, 0.1) is 0 Å². The van der Waals surface area contributed by atoms with E-state index in [2.05, 4.69) is 10.2 Å². The number of ketones is 1. The number of fused-ring (bicyclic) bond motifs is 1. The van der Waals surface area contributed by atoms with Crippen molar-refractivity contribution in [3.05, 3.63) is 17.7 Å². The van der Waals surface area contributed by atoms with Crippen molar-refractivity contribution < 1.29 is 19.1 Å². The van der Waals surface area contributed by atoms with Crippen LogP contribution in [0.5, 0.6) is 11.5 Å². The number of hydrogen-bond donors (Lipinski definition) is 1. The molecule has 3 rings (SSSR count). The van der Waals surface area contributed by atoms with Crippen LogP contribution in [0.25, 0.3) is 0 Å². The summed E-state index contributed by atoms with van der Waals surface area (Å²) in [6.45, 7) is 1.92. The van der Waals surface area contributed by atoms with Crippen molar-refractivity contribution in [3.8, 4) is 11.5 Å². The smallest absolute Gasteiger partial charge is 0.238 e. The normalized spacial score (nSPS) is 17.1. The molecule has 1 saturated carbocycles. The zero-order valence-electron chi connectivity index (χ0n) is 14.3. The molecule has 24 heavy (non-hydrogen) atoms. The lowest BCUT2D eigenvalue weighted by atomic mass is 9.94. The van der Waals surface area contributed by atoms with Crippen molar-refractivity contribution in [1.82, 2.24) is 4.90 Å². The summed E-state index contributed by atoms with van der Waals surface area (Å²) in [6, 6.07) is 3.76. The summed E-state index contributed by atoms with van der Waals surface area (Å²) < 4.78 is 10.6. The summed E-state index contributed by atoms with van der Waals surface area (Å²) in [5.74, 6) is 0.849. The van der Waals surface area contributed by atoms with Crippen LogP contribution < -0.4 is 14.8 Å². The van der Waals surface area contributed by atoms with Crippen LogP contribution >= 0.6 is 0 Å². The molecule has 0 unspecified atom stereocenters. The van der Waals surface area contributed by atoms with E-state index in [1.807, 2.05) is 7.05 Å². The Labute approximate surface area is 142 Å². The summed E-state index contributed by atoms with van der Waals surface area (Å²) >= 11 is 0. The quantitative estimate of drug-likeness (QED) is 0.840. The van der Waals surface area contributed by atoms with Gasteiger partial charge in [-0.05, 0) is 32.9 Å². The first kappa shape index (κ1) is 16.8. The van der Waals surface area contributed by atoms with Gasteiger partial charge in [0, 0.05) is 17.7 Å². The van der Waals surface area contributed by atoms with Gasteiger partial charge in [-0.1, -0.05) is 19.3 Å². The van der Waals surface area contributed by atoms with Crippen molar-refractivity contribution >= 4 is 17.4 Å².